The second-order valence-electron chi connectivity index (χ2n) is 4.92. The standard InChI is InChI=1S/C13H28N2OS/c1-6-16-9-7-8-14-13(17)15(12(4)5)10-11(2)3/h11-12H,6-10H2,1-5H3,(H,14,17). The van der Waals surface area contributed by atoms with Crippen LogP contribution >= 0.6 is 12.2 Å². The molecule has 0 saturated carbocycles. The minimum atomic E-state index is 0.448. The summed E-state index contributed by atoms with van der Waals surface area (Å²) in [6.45, 7) is 14.3. The quantitative estimate of drug-likeness (QED) is 0.536. The van der Waals surface area contributed by atoms with Crippen molar-refractivity contribution in [2.75, 3.05) is 26.3 Å². The Balaban J connectivity index is 3.90. The van der Waals surface area contributed by atoms with Crippen LogP contribution in [-0.4, -0.2) is 42.4 Å². The van der Waals surface area contributed by atoms with E-state index in [0.717, 1.165) is 37.8 Å². The van der Waals surface area contributed by atoms with Crippen LogP contribution in [-0.2, 0) is 4.74 Å². The van der Waals surface area contributed by atoms with E-state index in [1.807, 2.05) is 6.92 Å². The van der Waals surface area contributed by atoms with Gasteiger partial charge in [0, 0.05) is 32.3 Å². The van der Waals surface area contributed by atoms with Crippen molar-refractivity contribution in [3.8, 4) is 0 Å². The van der Waals surface area contributed by atoms with Crippen LogP contribution in [0.15, 0.2) is 0 Å². The summed E-state index contributed by atoms with van der Waals surface area (Å²) in [4.78, 5) is 2.25. The second-order valence-corrected chi connectivity index (χ2v) is 5.31. The molecule has 0 rings (SSSR count). The van der Waals surface area contributed by atoms with E-state index in [-0.39, 0.29) is 0 Å². The van der Waals surface area contributed by atoms with Crippen LogP contribution in [0.25, 0.3) is 0 Å². The molecule has 0 aromatic heterocycles. The van der Waals surface area contributed by atoms with Crippen LogP contribution in [0.4, 0.5) is 0 Å². The zero-order chi connectivity index (χ0) is 13.3. The fraction of sp³-hybridized carbons (Fsp3) is 0.923. The highest BCUT2D eigenvalue weighted by Gasteiger charge is 2.13. The number of rotatable bonds is 8. The number of hydrogen-bond acceptors (Lipinski definition) is 2. The third kappa shape index (κ3) is 8.38. The van der Waals surface area contributed by atoms with Crippen LogP contribution in [0, 0.1) is 5.92 Å². The van der Waals surface area contributed by atoms with Gasteiger partial charge in [-0.05, 0) is 45.3 Å². The average molecular weight is 260 g/mol. The van der Waals surface area contributed by atoms with E-state index in [0.29, 0.717) is 12.0 Å². The van der Waals surface area contributed by atoms with Crippen LogP contribution in [0.3, 0.4) is 0 Å². The van der Waals surface area contributed by atoms with Crippen molar-refractivity contribution in [3.05, 3.63) is 0 Å². The molecule has 0 spiro atoms. The van der Waals surface area contributed by atoms with E-state index in [1.54, 1.807) is 0 Å². The summed E-state index contributed by atoms with van der Waals surface area (Å²) in [6, 6.07) is 0.448. The lowest BCUT2D eigenvalue weighted by atomic mass is 10.2. The summed E-state index contributed by atoms with van der Waals surface area (Å²) in [5.74, 6) is 0.626. The summed E-state index contributed by atoms with van der Waals surface area (Å²) in [5.41, 5.74) is 0. The summed E-state index contributed by atoms with van der Waals surface area (Å²) in [6.07, 6.45) is 1.00. The van der Waals surface area contributed by atoms with E-state index in [9.17, 15) is 0 Å². The van der Waals surface area contributed by atoms with Gasteiger partial charge in [0.25, 0.3) is 0 Å². The molecule has 0 aliphatic heterocycles. The van der Waals surface area contributed by atoms with Gasteiger partial charge in [-0.25, -0.2) is 0 Å². The van der Waals surface area contributed by atoms with Gasteiger partial charge in [0.15, 0.2) is 5.11 Å². The fourth-order valence-electron chi connectivity index (χ4n) is 1.54. The molecular weight excluding hydrogens is 232 g/mol. The van der Waals surface area contributed by atoms with Crippen molar-refractivity contribution < 1.29 is 4.74 Å². The molecule has 0 amide bonds. The lowest BCUT2D eigenvalue weighted by molar-refractivity contribution is 0.145. The molecule has 102 valence electrons. The molecule has 0 saturated heterocycles. The average Bonchev–Trinajstić information content (AvgIpc) is 2.24. The highest BCUT2D eigenvalue weighted by atomic mass is 32.1. The van der Waals surface area contributed by atoms with Crippen molar-refractivity contribution in [2.24, 2.45) is 5.92 Å². The van der Waals surface area contributed by atoms with Crippen LogP contribution < -0.4 is 5.32 Å². The molecule has 0 fully saturated rings. The first kappa shape index (κ1) is 16.6. The third-order valence-corrected chi connectivity index (χ3v) is 2.77. The van der Waals surface area contributed by atoms with Gasteiger partial charge in [-0.2, -0.15) is 0 Å². The zero-order valence-electron chi connectivity index (χ0n) is 12.0. The number of thiocarbonyl (C=S) groups is 1. The van der Waals surface area contributed by atoms with E-state index in [4.69, 9.17) is 17.0 Å². The third-order valence-electron chi connectivity index (χ3n) is 2.39. The molecule has 0 unspecified atom stereocenters. The van der Waals surface area contributed by atoms with Crippen molar-refractivity contribution in [1.82, 2.24) is 10.2 Å². The summed E-state index contributed by atoms with van der Waals surface area (Å²) < 4.78 is 5.29. The van der Waals surface area contributed by atoms with Crippen molar-refractivity contribution in [1.29, 1.82) is 0 Å². The SMILES string of the molecule is CCOCCCNC(=S)N(CC(C)C)C(C)C. The van der Waals surface area contributed by atoms with Gasteiger partial charge in [-0.15, -0.1) is 0 Å². The Morgan fingerprint density at radius 1 is 1.29 bits per heavy atom. The number of nitrogens with zero attached hydrogens (tertiary/aromatic N) is 1. The first-order chi connectivity index (χ1) is 7.99. The maximum absolute atomic E-state index is 5.42. The van der Waals surface area contributed by atoms with E-state index < -0.39 is 0 Å². The van der Waals surface area contributed by atoms with Gasteiger partial charge >= 0.3 is 0 Å². The first-order valence-corrected chi connectivity index (χ1v) is 7.02. The molecular formula is C13H28N2OS. The van der Waals surface area contributed by atoms with Crippen LogP contribution in [0.1, 0.15) is 41.0 Å². The zero-order valence-corrected chi connectivity index (χ0v) is 12.8. The van der Waals surface area contributed by atoms with Gasteiger partial charge in [0.1, 0.15) is 0 Å². The molecule has 0 aromatic carbocycles. The molecule has 3 nitrogen and oxygen atoms in total. The monoisotopic (exact) mass is 260 g/mol. The molecule has 4 heteroatoms. The van der Waals surface area contributed by atoms with Crippen molar-refractivity contribution in [3.63, 3.8) is 0 Å². The Labute approximate surface area is 112 Å². The molecule has 0 radical (unpaired) electrons. The Morgan fingerprint density at radius 2 is 1.94 bits per heavy atom. The van der Waals surface area contributed by atoms with Gasteiger partial charge < -0.3 is 15.0 Å². The summed E-state index contributed by atoms with van der Waals surface area (Å²) >= 11 is 5.42. The largest absolute Gasteiger partial charge is 0.382 e. The summed E-state index contributed by atoms with van der Waals surface area (Å²) in [5, 5.41) is 4.17. The summed E-state index contributed by atoms with van der Waals surface area (Å²) in [7, 11) is 0. The van der Waals surface area contributed by atoms with Gasteiger partial charge in [-0.3, -0.25) is 0 Å². The van der Waals surface area contributed by atoms with E-state index >= 15 is 0 Å². The highest BCUT2D eigenvalue weighted by molar-refractivity contribution is 7.80. The lowest BCUT2D eigenvalue weighted by Crippen LogP contribution is -2.45. The number of hydrogen-bond donors (Lipinski definition) is 1. The second kappa shape index (κ2) is 9.66. The predicted molar refractivity (Wildman–Crippen MR) is 78.4 cm³/mol. The molecule has 0 atom stereocenters. The maximum Gasteiger partial charge on any atom is 0.169 e. The van der Waals surface area contributed by atoms with Gasteiger partial charge in [0.05, 0.1) is 0 Å². The topological polar surface area (TPSA) is 24.5 Å². The molecule has 0 bridgehead atoms. The van der Waals surface area contributed by atoms with Gasteiger partial charge in [0.2, 0.25) is 0 Å². The normalized spacial score (nSPS) is 11.0. The molecule has 0 aliphatic rings. The van der Waals surface area contributed by atoms with E-state index in [1.165, 1.54) is 0 Å². The number of nitrogens with one attached hydrogen (secondary N) is 1. The lowest BCUT2D eigenvalue weighted by Gasteiger charge is -2.31. The molecule has 0 heterocycles. The Morgan fingerprint density at radius 3 is 2.41 bits per heavy atom. The maximum atomic E-state index is 5.42. The van der Waals surface area contributed by atoms with Crippen LogP contribution in [0.5, 0.6) is 0 Å². The minimum absolute atomic E-state index is 0.448. The Kier molecular flexibility index (Phi) is 9.46. The molecule has 0 aliphatic carbocycles. The Hall–Kier alpha value is -0.350. The predicted octanol–water partition coefficient (Wildman–Crippen LogP) is 2.65. The fourth-order valence-corrected chi connectivity index (χ4v) is 1.92. The van der Waals surface area contributed by atoms with Crippen molar-refractivity contribution >= 4 is 17.3 Å². The molecule has 17 heavy (non-hydrogen) atoms. The van der Waals surface area contributed by atoms with Crippen molar-refractivity contribution in [2.45, 2.75) is 47.1 Å². The Bertz CT molecular complexity index is 208. The van der Waals surface area contributed by atoms with E-state index in [2.05, 4.69) is 37.9 Å². The van der Waals surface area contributed by atoms with Crippen LogP contribution in [0.2, 0.25) is 0 Å². The first-order valence-electron chi connectivity index (χ1n) is 6.61. The minimum Gasteiger partial charge on any atom is -0.382 e. The highest BCUT2D eigenvalue weighted by Crippen LogP contribution is 2.04. The smallest absolute Gasteiger partial charge is 0.169 e. The van der Waals surface area contributed by atoms with Gasteiger partial charge in [-0.1, -0.05) is 13.8 Å². The molecule has 0 aromatic rings. The molecule has 1 N–H and O–H groups in total. The number of ether oxygens (including phenoxy) is 1.